The maximum atomic E-state index is 14.7. The van der Waals surface area contributed by atoms with Crippen molar-refractivity contribution < 1.29 is 27.9 Å². The summed E-state index contributed by atoms with van der Waals surface area (Å²) in [6.07, 6.45) is 8.80. The second-order valence-corrected chi connectivity index (χ2v) is 19.3. The number of nitrogens with zero attached hydrogens (tertiary/aromatic N) is 10. The fourth-order valence-electron chi connectivity index (χ4n) is 11.2. The van der Waals surface area contributed by atoms with Crippen molar-refractivity contribution in [2.24, 2.45) is 20.0 Å². The van der Waals surface area contributed by atoms with Crippen LogP contribution in [-0.2, 0) is 47.9 Å². The second kappa shape index (κ2) is 18.7. The molecule has 0 aliphatic carbocycles. The van der Waals surface area contributed by atoms with Crippen LogP contribution in [0.15, 0.2) is 47.5 Å². The first-order valence-corrected chi connectivity index (χ1v) is 24.1. The predicted octanol–water partition coefficient (Wildman–Crippen LogP) is 5.66. The number of carbonyl (C=O) groups is 3. The summed E-state index contributed by atoms with van der Waals surface area (Å²) < 4.78 is 42.6. The van der Waals surface area contributed by atoms with E-state index in [0.29, 0.717) is 72.9 Å². The van der Waals surface area contributed by atoms with Crippen molar-refractivity contribution in [3.05, 3.63) is 75.6 Å². The summed E-state index contributed by atoms with van der Waals surface area (Å²) in [6, 6.07) is 8.64. The van der Waals surface area contributed by atoms with E-state index in [1.165, 1.54) is 14.8 Å². The predicted molar refractivity (Wildman–Crippen MR) is 249 cm³/mol. The Bertz CT molecular complexity index is 2740. The molecular formula is C49H61F2N11O5. The Morgan fingerprint density at radius 1 is 0.896 bits per heavy atom. The summed E-state index contributed by atoms with van der Waals surface area (Å²) in [7, 11) is 3.48. The van der Waals surface area contributed by atoms with Gasteiger partial charge in [0.2, 0.25) is 17.7 Å². The molecular weight excluding hydrogens is 861 g/mol. The van der Waals surface area contributed by atoms with Gasteiger partial charge in [-0.2, -0.15) is 10.2 Å². The second-order valence-electron chi connectivity index (χ2n) is 19.3. The third-order valence-electron chi connectivity index (χ3n) is 15.0. The van der Waals surface area contributed by atoms with Crippen LogP contribution >= 0.6 is 0 Å². The molecule has 3 fully saturated rings. The van der Waals surface area contributed by atoms with Crippen molar-refractivity contribution >= 4 is 40.3 Å². The van der Waals surface area contributed by atoms with Gasteiger partial charge in [0.1, 0.15) is 11.8 Å². The molecule has 3 amide bonds. The third-order valence-corrected chi connectivity index (χ3v) is 15.0. The molecule has 67 heavy (non-hydrogen) atoms. The van der Waals surface area contributed by atoms with Crippen molar-refractivity contribution in [3.63, 3.8) is 0 Å². The number of fused-ring (bicyclic) bond motifs is 3. The lowest BCUT2D eigenvalue weighted by molar-refractivity contribution is -0.135. The van der Waals surface area contributed by atoms with Crippen LogP contribution in [0, 0.1) is 5.92 Å². The van der Waals surface area contributed by atoms with E-state index in [4.69, 9.17) is 9.84 Å². The number of aromatic nitrogens is 6. The number of imide groups is 1. The van der Waals surface area contributed by atoms with Crippen LogP contribution in [0.4, 0.5) is 20.3 Å². The normalized spacial score (nSPS) is 20.2. The van der Waals surface area contributed by atoms with E-state index in [0.717, 1.165) is 107 Å². The number of aryl methyl sites for hydroxylation is 3. The van der Waals surface area contributed by atoms with E-state index < -0.39 is 18.4 Å². The smallest absolute Gasteiger partial charge is 0.329 e. The van der Waals surface area contributed by atoms with Gasteiger partial charge in [0.15, 0.2) is 5.82 Å². The first-order valence-electron chi connectivity index (χ1n) is 24.1. The van der Waals surface area contributed by atoms with Gasteiger partial charge in [0.25, 0.3) is 6.43 Å². The van der Waals surface area contributed by atoms with Crippen LogP contribution in [0.2, 0.25) is 0 Å². The Kier molecular flexibility index (Phi) is 12.5. The largest absolute Gasteiger partial charge is 0.493 e. The molecule has 5 aliphatic heterocycles. The number of halogens is 2. The summed E-state index contributed by atoms with van der Waals surface area (Å²) in [4.78, 5) is 59.3. The van der Waals surface area contributed by atoms with Gasteiger partial charge in [-0.15, -0.1) is 0 Å². The van der Waals surface area contributed by atoms with Gasteiger partial charge in [0, 0.05) is 100 Å². The summed E-state index contributed by atoms with van der Waals surface area (Å²) in [5.74, 6) is 1.19. The molecule has 1 N–H and O–H groups in total. The van der Waals surface area contributed by atoms with Crippen molar-refractivity contribution in [1.82, 2.24) is 48.7 Å². The number of carbonyl (C=O) groups excluding carboxylic acids is 3. The minimum absolute atomic E-state index is 0.00951. The topological polar surface area (TPSA) is 148 Å². The number of ether oxygens (including phenoxy) is 1. The molecule has 0 spiro atoms. The lowest BCUT2D eigenvalue weighted by Gasteiger charge is -2.35. The molecule has 1 unspecified atom stereocenters. The molecule has 10 rings (SSSR count). The summed E-state index contributed by atoms with van der Waals surface area (Å²) >= 11 is 0. The highest BCUT2D eigenvalue weighted by molar-refractivity contribution is 6.00. The summed E-state index contributed by atoms with van der Waals surface area (Å²) in [5.41, 5.74) is 6.23. The Hall–Kier alpha value is -5.88. The molecule has 3 saturated heterocycles. The lowest BCUT2D eigenvalue weighted by atomic mass is 9.92. The molecule has 16 nitrogen and oxygen atoms in total. The van der Waals surface area contributed by atoms with Crippen LogP contribution in [0.3, 0.4) is 0 Å². The Morgan fingerprint density at radius 2 is 1.66 bits per heavy atom. The molecule has 2 aromatic carbocycles. The number of rotatable bonds is 12. The Balaban J connectivity index is 0.729. The minimum Gasteiger partial charge on any atom is -0.493 e. The van der Waals surface area contributed by atoms with Crippen LogP contribution in [0.1, 0.15) is 99.2 Å². The highest BCUT2D eigenvalue weighted by Crippen LogP contribution is 2.44. The van der Waals surface area contributed by atoms with Gasteiger partial charge in [-0.25, -0.2) is 13.6 Å². The molecule has 356 valence electrons. The van der Waals surface area contributed by atoms with E-state index in [1.807, 2.05) is 29.2 Å². The molecule has 8 heterocycles. The number of amides is 3. The molecule has 5 aliphatic rings. The van der Waals surface area contributed by atoms with Gasteiger partial charge in [-0.3, -0.25) is 38.2 Å². The lowest BCUT2D eigenvalue weighted by Crippen LogP contribution is -2.44. The van der Waals surface area contributed by atoms with Crippen LogP contribution < -0.4 is 20.6 Å². The van der Waals surface area contributed by atoms with Crippen LogP contribution in [0.25, 0.3) is 22.2 Å². The van der Waals surface area contributed by atoms with Gasteiger partial charge in [-0.05, 0) is 119 Å². The van der Waals surface area contributed by atoms with E-state index in [-0.39, 0.29) is 35.5 Å². The summed E-state index contributed by atoms with van der Waals surface area (Å²) in [6.45, 7) is 10.1. The monoisotopic (exact) mass is 921 g/mol. The van der Waals surface area contributed by atoms with Crippen LogP contribution in [-0.4, -0.2) is 120 Å². The van der Waals surface area contributed by atoms with Gasteiger partial charge >= 0.3 is 5.69 Å². The first-order chi connectivity index (χ1) is 32.4. The standard InChI is InChI=1S/C49H61F2N11O5/c1-31(63)59-23-15-40-39(29-59)47(60-18-4-6-33-24-37(34-27-52-55(2)28-34)38(46(50)51)26-43(33)60)54-62(40)35-13-21-58(22-14-35)17-5-16-57-19-11-32(12-20-57)30-67-36-7-8-41-44(25-36)56(3)49(66)61(41)42-9-10-45(64)53-48(42)65/h7-8,24-28,32,35,42,46H,4-6,9-23,29-30H2,1-3H3,(H,53,64,65). The highest BCUT2D eigenvalue weighted by Gasteiger charge is 2.36. The van der Waals surface area contributed by atoms with Gasteiger partial charge in [0.05, 0.1) is 36.4 Å². The van der Waals surface area contributed by atoms with E-state index in [1.54, 1.807) is 44.2 Å². The van der Waals surface area contributed by atoms with E-state index >= 15 is 0 Å². The fourth-order valence-corrected chi connectivity index (χ4v) is 11.2. The molecule has 0 radical (unpaired) electrons. The zero-order valence-electron chi connectivity index (χ0n) is 38.8. The van der Waals surface area contributed by atoms with Crippen molar-refractivity contribution in [2.45, 2.75) is 96.2 Å². The highest BCUT2D eigenvalue weighted by atomic mass is 19.3. The quantitative estimate of drug-likeness (QED) is 0.156. The Morgan fingerprint density at radius 3 is 2.36 bits per heavy atom. The number of nitrogens with one attached hydrogen (secondary N) is 1. The molecule has 1 atom stereocenters. The van der Waals surface area contributed by atoms with Crippen molar-refractivity contribution in [1.29, 1.82) is 0 Å². The number of imidazole rings is 1. The van der Waals surface area contributed by atoms with Crippen molar-refractivity contribution in [2.75, 3.05) is 63.9 Å². The average molecular weight is 922 g/mol. The number of hydrogen-bond donors (Lipinski definition) is 1. The van der Waals surface area contributed by atoms with E-state index in [2.05, 4.69) is 29.8 Å². The van der Waals surface area contributed by atoms with E-state index in [9.17, 15) is 28.0 Å². The summed E-state index contributed by atoms with van der Waals surface area (Å²) in [5, 5.41) is 12.0. The molecule has 0 saturated carbocycles. The maximum Gasteiger partial charge on any atom is 0.329 e. The SMILES string of the molecule is CC(=O)N1CCc2c(c(N3CCCc4cc(-c5cnn(C)c5)c(C(F)F)cc43)nn2C2CCN(CCCN3CCC(COc4ccc5c(c4)n(C)c(=O)n5C4CCC(=O)NC4=O)CC3)CC2)C1. The first kappa shape index (κ1) is 44.9. The number of piperidine rings is 3. The molecule has 0 bridgehead atoms. The zero-order chi connectivity index (χ0) is 46.5. The minimum atomic E-state index is -2.65. The number of hydrogen-bond acceptors (Lipinski definition) is 10. The number of anilines is 2. The third kappa shape index (κ3) is 8.89. The van der Waals surface area contributed by atoms with Gasteiger partial charge in [-0.1, -0.05) is 0 Å². The fraction of sp³-hybridized carbons (Fsp3) is 0.551. The number of benzene rings is 2. The van der Waals surface area contributed by atoms with Crippen molar-refractivity contribution in [3.8, 4) is 16.9 Å². The number of likely N-dealkylation sites (tertiary alicyclic amines) is 2. The molecule has 18 heteroatoms. The Labute approximate surface area is 388 Å². The number of alkyl halides is 2. The molecule has 3 aromatic heterocycles. The average Bonchev–Trinajstić information content (AvgIpc) is 4.01. The van der Waals surface area contributed by atoms with Gasteiger partial charge < -0.3 is 24.3 Å². The maximum absolute atomic E-state index is 14.7. The zero-order valence-corrected chi connectivity index (χ0v) is 38.8. The van der Waals surface area contributed by atoms with Crippen LogP contribution in [0.5, 0.6) is 5.75 Å². The molecule has 5 aromatic rings.